The second-order valence-corrected chi connectivity index (χ2v) is 9.06. The fourth-order valence-electron chi connectivity index (χ4n) is 4.32. The third-order valence-corrected chi connectivity index (χ3v) is 6.63. The van der Waals surface area contributed by atoms with Gasteiger partial charge in [0.25, 0.3) is 0 Å². The summed E-state index contributed by atoms with van der Waals surface area (Å²) in [7, 11) is 0. The number of amides is 1. The molecule has 1 amide bonds. The highest BCUT2D eigenvalue weighted by Crippen LogP contribution is 2.50. The van der Waals surface area contributed by atoms with Crippen molar-refractivity contribution in [2.75, 3.05) is 13.1 Å². The molecule has 154 valence electrons. The predicted octanol–water partition coefficient (Wildman–Crippen LogP) is 5.08. The molecule has 0 N–H and O–H groups in total. The summed E-state index contributed by atoms with van der Waals surface area (Å²) in [5.41, 5.74) is 1.40. The van der Waals surface area contributed by atoms with Gasteiger partial charge in [0, 0.05) is 23.1 Å². The molecule has 1 saturated heterocycles. The number of rotatable bonds is 4. The summed E-state index contributed by atoms with van der Waals surface area (Å²) in [5.74, 6) is 0.898. The van der Waals surface area contributed by atoms with Crippen molar-refractivity contribution < 1.29 is 13.7 Å². The van der Waals surface area contributed by atoms with E-state index >= 15 is 0 Å². The number of likely N-dealkylation sites (tertiary alicyclic amines) is 1. The molecule has 1 aromatic heterocycles. The molecule has 1 aliphatic carbocycles. The van der Waals surface area contributed by atoms with E-state index in [0.29, 0.717) is 23.8 Å². The number of hydrogen-bond acceptors (Lipinski definition) is 4. The zero-order valence-electron chi connectivity index (χ0n) is 16.4. The Hall–Kier alpha value is -2.54. The van der Waals surface area contributed by atoms with E-state index in [9.17, 15) is 9.18 Å². The molecule has 30 heavy (non-hydrogen) atoms. The minimum Gasteiger partial charge on any atom is -0.341 e. The SMILES string of the molecule is O=C(N1CCCC(c2nc(-c3ccc(F)cc3)no2)C1)C1(c2cccc(Br)c2)CC1. The molecule has 5 rings (SSSR count). The van der Waals surface area contributed by atoms with Crippen LogP contribution >= 0.6 is 15.9 Å². The Morgan fingerprint density at radius 2 is 2.00 bits per heavy atom. The lowest BCUT2D eigenvalue weighted by Crippen LogP contribution is -2.44. The van der Waals surface area contributed by atoms with Crippen LogP contribution in [0.3, 0.4) is 0 Å². The molecule has 1 atom stereocenters. The van der Waals surface area contributed by atoms with Gasteiger partial charge in [-0.3, -0.25) is 4.79 Å². The summed E-state index contributed by atoms with van der Waals surface area (Å²) in [6, 6.07) is 14.1. The molecule has 5 nitrogen and oxygen atoms in total. The maximum atomic E-state index is 13.4. The molecule has 0 bridgehead atoms. The Bertz CT molecular complexity index is 1080. The van der Waals surface area contributed by atoms with Gasteiger partial charge in [-0.05, 0) is 67.6 Å². The standard InChI is InChI=1S/C23H21BrFN3O2/c24-18-5-1-4-17(13-18)23(10-11-23)22(29)28-12-2-3-16(14-28)21-26-20(27-30-21)15-6-8-19(25)9-7-15/h1,4-9,13,16H,2-3,10-12,14H2. The van der Waals surface area contributed by atoms with E-state index in [0.717, 1.165) is 42.3 Å². The second-order valence-electron chi connectivity index (χ2n) is 8.15. The van der Waals surface area contributed by atoms with Gasteiger partial charge in [-0.15, -0.1) is 0 Å². The zero-order chi connectivity index (χ0) is 20.7. The van der Waals surface area contributed by atoms with Crippen LogP contribution in [0, 0.1) is 5.82 Å². The Morgan fingerprint density at radius 3 is 2.73 bits per heavy atom. The lowest BCUT2D eigenvalue weighted by molar-refractivity contribution is -0.135. The van der Waals surface area contributed by atoms with E-state index < -0.39 is 0 Å². The molecule has 1 unspecified atom stereocenters. The van der Waals surface area contributed by atoms with Crippen LogP contribution in [0.4, 0.5) is 4.39 Å². The van der Waals surface area contributed by atoms with E-state index in [1.165, 1.54) is 12.1 Å². The molecule has 1 saturated carbocycles. The third-order valence-electron chi connectivity index (χ3n) is 6.14. The van der Waals surface area contributed by atoms with Crippen molar-refractivity contribution >= 4 is 21.8 Å². The molecule has 3 aromatic rings. The van der Waals surface area contributed by atoms with Gasteiger partial charge in [0.15, 0.2) is 0 Å². The summed E-state index contributed by atoms with van der Waals surface area (Å²) in [6.45, 7) is 1.34. The van der Waals surface area contributed by atoms with Crippen molar-refractivity contribution in [2.24, 2.45) is 0 Å². The maximum Gasteiger partial charge on any atom is 0.233 e. The first kappa shape index (κ1) is 19.4. The van der Waals surface area contributed by atoms with Gasteiger partial charge < -0.3 is 9.42 Å². The summed E-state index contributed by atoms with van der Waals surface area (Å²) in [4.78, 5) is 19.9. The summed E-state index contributed by atoms with van der Waals surface area (Å²) < 4.78 is 19.7. The lowest BCUT2D eigenvalue weighted by atomic mass is 9.91. The molecule has 2 aliphatic rings. The van der Waals surface area contributed by atoms with Gasteiger partial charge >= 0.3 is 0 Å². The number of halogens is 2. The predicted molar refractivity (Wildman–Crippen MR) is 113 cm³/mol. The Kier molecular flexibility index (Phi) is 4.93. The first-order chi connectivity index (χ1) is 14.5. The Balaban J connectivity index is 1.33. The normalized spacial score (nSPS) is 20.2. The fourth-order valence-corrected chi connectivity index (χ4v) is 4.72. The first-order valence-corrected chi connectivity index (χ1v) is 11.0. The van der Waals surface area contributed by atoms with Gasteiger partial charge in [0.2, 0.25) is 17.6 Å². The number of piperidine rings is 1. The number of carbonyl (C=O) groups is 1. The van der Waals surface area contributed by atoms with E-state index in [4.69, 9.17) is 4.52 Å². The van der Waals surface area contributed by atoms with Crippen LogP contribution in [-0.4, -0.2) is 34.0 Å². The van der Waals surface area contributed by atoms with Gasteiger partial charge in [0.1, 0.15) is 5.82 Å². The quantitative estimate of drug-likeness (QED) is 0.534. The average molecular weight is 470 g/mol. The van der Waals surface area contributed by atoms with Gasteiger partial charge in [0.05, 0.1) is 11.3 Å². The van der Waals surface area contributed by atoms with Crippen LogP contribution in [0.25, 0.3) is 11.4 Å². The first-order valence-electron chi connectivity index (χ1n) is 10.2. The van der Waals surface area contributed by atoms with Gasteiger partial charge in [-0.1, -0.05) is 33.2 Å². The largest absolute Gasteiger partial charge is 0.341 e. The molecular formula is C23H21BrFN3O2. The number of benzene rings is 2. The second kappa shape index (κ2) is 7.61. The number of hydrogen-bond donors (Lipinski definition) is 0. The summed E-state index contributed by atoms with van der Waals surface area (Å²) >= 11 is 3.52. The molecule has 0 spiro atoms. The molecule has 2 aromatic carbocycles. The monoisotopic (exact) mass is 469 g/mol. The summed E-state index contributed by atoms with van der Waals surface area (Å²) in [5, 5.41) is 4.06. The zero-order valence-corrected chi connectivity index (χ0v) is 17.9. The summed E-state index contributed by atoms with van der Waals surface area (Å²) in [6.07, 6.45) is 3.58. The van der Waals surface area contributed by atoms with Gasteiger partial charge in [-0.25, -0.2) is 4.39 Å². The van der Waals surface area contributed by atoms with Crippen molar-refractivity contribution in [2.45, 2.75) is 37.0 Å². The van der Waals surface area contributed by atoms with Crippen molar-refractivity contribution in [3.63, 3.8) is 0 Å². The minimum absolute atomic E-state index is 0.0164. The number of aromatic nitrogens is 2. The smallest absolute Gasteiger partial charge is 0.233 e. The molecule has 7 heteroatoms. The van der Waals surface area contributed by atoms with Crippen LogP contribution in [0.1, 0.15) is 43.1 Å². The molecule has 1 aliphatic heterocycles. The average Bonchev–Trinajstić information content (AvgIpc) is 3.44. The third kappa shape index (κ3) is 3.55. The molecule has 0 radical (unpaired) electrons. The Labute approximate surface area is 182 Å². The van der Waals surface area contributed by atoms with Crippen molar-refractivity contribution in [3.8, 4) is 11.4 Å². The van der Waals surface area contributed by atoms with Gasteiger partial charge in [-0.2, -0.15) is 4.98 Å². The van der Waals surface area contributed by atoms with Crippen LogP contribution in [0.2, 0.25) is 0 Å². The molecule has 2 fully saturated rings. The van der Waals surface area contributed by atoms with Crippen LogP contribution in [0.5, 0.6) is 0 Å². The highest BCUT2D eigenvalue weighted by Gasteiger charge is 2.53. The topological polar surface area (TPSA) is 59.2 Å². The number of carbonyl (C=O) groups excluding carboxylic acids is 1. The van der Waals surface area contributed by atoms with E-state index in [1.54, 1.807) is 12.1 Å². The molecule has 2 heterocycles. The van der Waals surface area contributed by atoms with Crippen molar-refractivity contribution in [3.05, 3.63) is 70.3 Å². The van der Waals surface area contributed by atoms with Crippen molar-refractivity contribution in [1.29, 1.82) is 0 Å². The van der Waals surface area contributed by atoms with Crippen LogP contribution in [0.15, 0.2) is 57.5 Å². The maximum absolute atomic E-state index is 13.4. The minimum atomic E-state index is -0.389. The van der Waals surface area contributed by atoms with E-state index in [2.05, 4.69) is 32.1 Å². The van der Waals surface area contributed by atoms with E-state index in [1.807, 2.05) is 23.1 Å². The van der Waals surface area contributed by atoms with E-state index in [-0.39, 0.29) is 23.1 Å². The lowest BCUT2D eigenvalue weighted by Gasteiger charge is -2.34. The molecular weight excluding hydrogens is 449 g/mol. The Morgan fingerprint density at radius 1 is 1.20 bits per heavy atom. The highest BCUT2D eigenvalue weighted by atomic mass is 79.9. The highest BCUT2D eigenvalue weighted by molar-refractivity contribution is 9.10. The fraction of sp³-hybridized carbons (Fsp3) is 0.348. The number of nitrogens with zero attached hydrogens (tertiary/aromatic N) is 3. The van der Waals surface area contributed by atoms with Crippen LogP contribution < -0.4 is 0 Å². The van der Waals surface area contributed by atoms with Crippen molar-refractivity contribution in [1.82, 2.24) is 15.0 Å². The van der Waals surface area contributed by atoms with Crippen LogP contribution in [-0.2, 0) is 10.2 Å².